The number of hydrogen-bond acceptors (Lipinski definition) is 5. The van der Waals surface area contributed by atoms with Crippen molar-refractivity contribution in [3.8, 4) is 0 Å². The molecule has 5 heteroatoms. The standard InChI is InChI=1S/C13H28N2O3/c1-14-13(12-4-7-18-11-12)10-15(5-8-16-2)6-9-17-3/h12-14H,4-11H2,1-3H3. The molecule has 18 heavy (non-hydrogen) atoms. The summed E-state index contributed by atoms with van der Waals surface area (Å²) < 4.78 is 15.8. The van der Waals surface area contributed by atoms with Gasteiger partial charge in [0, 0.05) is 52.4 Å². The summed E-state index contributed by atoms with van der Waals surface area (Å²) in [6.45, 7) is 6.24. The van der Waals surface area contributed by atoms with Gasteiger partial charge in [-0.05, 0) is 13.5 Å². The SMILES string of the molecule is CNC(CN(CCOC)CCOC)C1CCOC1. The quantitative estimate of drug-likeness (QED) is 0.608. The largest absolute Gasteiger partial charge is 0.383 e. The van der Waals surface area contributed by atoms with Crippen LogP contribution in [0.3, 0.4) is 0 Å². The van der Waals surface area contributed by atoms with Crippen molar-refractivity contribution < 1.29 is 14.2 Å². The molecule has 0 spiro atoms. The van der Waals surface area contributed by atoms with E-state index in [1.54, 1.807) is 14.2 Å². The van der Waals surface area contributed by atoms with Crippen LogP contribution in [0.25, 0.3) is 0 Å². The fourth-order valence-electron chi connectivity index (χ4n) is 2.36. The van der Waals surface area contributed by atoms with Gasteiger partial charge in [-0.25, -0.2) is 0 Å². The first-order valence-electron chi connectivity index (χ1n) is 6.77. The average molecular weight is 260 g/mol. The summed E-state index contributed by atoms with van der Waals surface area (Å²) in [7, 11) is 5.53. The van der Waals surface area contributed by atoms with Crippen LogP contribution in [-0.4, -0.2) is 78.3 Å². The molecule has 0 aromatic rings. The zero-order valence-corrected chi connectivity index (χ0v) is 12.0. The Bertz CT molecular complexity index is 191. The fraction of sp³-hybridized carbons (Fsp3) is 1.00. The molecule has 1 aliphatic rings. The molecule has 1 aliphatic heterocycles. The zero-order valence-electron chi connectivity index (χ0n) is 12.0. The maximum atomic E-state index is 5.48. The van der Waals surface area contributed by atoms with Crippen LogP contribution in [0.4, 0.5) is 0 Å². The minimum absolute atomic E-state index is 0.487. The van der Waals surface area contributed by atoms with Crippen molar-refractivity contribution in [3.05, 3.63) is 0 Å². The van der Waals surface area contributed by atoms with Crippen LogP contribution >= 0.6 is 0 Å². The van der Waals surface area contributed by atoms with Gasteiger partial charge in [0.1, 0.15) is 0 Å². The highest BCUT2D eigenvalue weighted by Crippen LogP contribution is 2.17. The minimum atomic E-state index is 0.487. The molecular weight excluding hydrogens is 232 g/mol. The van der Waals surface area contributed by atoms with Crippen molar-refractivity contribution in [2.75, 3.05) is 67.3 Å². The first kappa shape index (κ1) is 15.9. The Morgan fingerprint density at radius 3 is 2.39 bits per heavy atom. The number of ether oxygens (including phenoxy) is 3. The van der Waals surface area contributed by atoms with Crippen LogP contribution in [0, 0.1) is 5.92 Å². The monoisotopic (exact) mass is 260 g/mol. The molecule has 0 aliphatic carbocycles. The normalized spacial score (nSPS) is 21.7. The summed E-state index contributed by atoms with van der Waals surface area (Å²) in [6, 6.07) is 0.487. The van der Waals surface area contributed by atoms with Crippen molar-refractivity contribution in [2.24, 2.45) is 5.92 Å². The van der Waals surface area contributed by atoms with E-state index >= 15 is 0 Å². The average Bonchev–Trinajstić information content (AvgIpc) is 2.92. The summed E-state index contributed by atoms with van der Waals surface area (Å²) in [4.78, 5) is 2.40. The van der Waals surface area contributed by atoms with Gasteiger partial charge in [0.05, 0.1) is 19.8 Å². The van der Waals surface area contributed by atoms with E-state index in [4.69, 9.17) is 14.2 Å². The molecule has 1 fully saturated rings. The lowest BCUT2D eigenvalue weighted by molar-refractivity contribution is 0.0996. The van der Waals surface area contributed by atoms with Gasteiger partial charge in [0.25, 0.3) is 0 Å². The topological polar surface area (TPSA) is 43.0 Å². The van der Waals surface area contributed by atoms with Crippen LogP contribution in [0.15, 0.2) is 0 Å². The first-order chi connectivity index (χ1) is 8.81. The van der Waals surface area contributed by atoms with Gasteiger partial charge in [0.15, 0.2) is 0 Å². The summed E-state index contributed by atoms with van der Waals surface area (Å²) >= 11 is 0. The molecule has 1 saturated heterocycles. The molecule has 1 rings (SSSR count). The van der Waals surface area contributed by atoms with Crippen LogP contribution in [-0.2, 0) is 14.2 Å². The van der Waals surface area contributed by atoms with E-state index in [0.29, 0.717) is 12.0 Å². The number of nitrogens with zero attached hydrogens (tertiary/aromatic N) is 1. The Labute approximate surface area is 111 Å². The van der Waals surface area contributed by atoms with Crippen LogP contribution in [0.1, 0.15) is 6.42 Å². The maximum absolute atomic E-state index is 5.48. The van der Waals surface area contributed by atoms with Crippen molar-refractivity contribution in [2.45, 2.75) is 12.5 Å². The molecule has 5 nitrogen and oxygen atoms in total. The van der Waals surface area contributed by atoms with Gasteiger partial charge in [-0.3, -0.25) is 4.90 Å². The molecule has 1 N–H and O–H groups in total. The predicted octanol–water partition coefficient (Wildman–Crippen LogP) is 0.206. The smallest absolute Gasteiger partial charge is 0.0589 e. The van der Waals surface area contributed by atoms with Crippen molar-refractivity contribution in [1.29, 1.82) is 0 Å². The molecule has 0 amide bonds. The Kier molecular flexibility index (Phi) is 8.54. The molecule has 2 unspecified atom stereocenters. The summed E-state index contributed by atoms with van der Waals surface area (Å²) in [5.74, 6) is 0.627. The predicted molar refractivity (Wildman–Crippen MR) is 72.0 cm³/mol. The van der Waals surface area contributed by atoms with E-state index in [1.165, 1.54) is 0 Å². The van der Waals surface area contributed by atoms with Gasteiger partial charge < -0.3 is 19.5 Å². The Morgan fingerprint density at radius 2 is 1.94 bits per heavy atom. The molecule has 1 heterocycles. The summed E-state index contributed by atoms with van der Waals surface area (Å²) in [5.41, 5.74) is 0. The zero-order chi connectivity index (χ0) is 13.2. The van der Waals surface area contributed by atoms with E-state index in [0.717, 1.165) is 52.5 Å². The molecule has 108 valence electrons. The third kappa shape index (κ3) is 5.63. The van der Waals surface area contributed by atoms with Gasteiger partial charge in [-0.1, -0.05) is 0 Å². The molecule has 0 aromatic heterocycles. The van der Waals surface area contributed by atoms with E-state index in [1.807, 2.05) is 7.05 Å². The van der Waals surface area contributed by atoms with E-state index in [-0.39, 0.29) is 0 Å². The summed E-state index contributed by atoms with van der Waals surface area (Å²) in [5, 5.41) is 3.42. The van der Waals surface area contributed by atoms with Gasteiger partial charge in [-0.2, -0.15) is 0 Å². The van der Waals surface area contributed by atoms with Crippen molar-refractivity contribution in [3.63, 3.8) is 0 Å². The van der Waals surface area contributed by atoms with E-state index < -0.39 is 0 Å². The van der Waals surface area contributed by atoms with Gasteiger partial charge in [0.2, 0.25) is 0 Å². The number of hydrogen-bond donors (Lipinski definition) is 1. The number of methoxy groups -OCH3 is 2. The number of likely N-dealkylation sites (N-methyl/N-ethyl adjacent to an activating group) is 1. The van der Waals surface area contributed by atoms with E-state index in [9.17, 15) is 0 Å². The van der Waals surface area contributed by atoms with Gasteiger partial charge in [-0.15, -0.1) is 0 Å². The highest BCUT2D eigenvalue weighted by molar-refractivity contribution is 4.81. The first-order valence-corrected chi connectivity index (χ1v) is 6.77. The second-order valence-corrected chi connectivity index (χ2v) is 4.81. The lowest BCUT2D eigenvalue weighted by Crippen LogP contribution is -2.46. The molecular formula is C13H28N2O3. The third-order valence-corrected chi connectivity index (χ3v) is 3.58. The highest BCUT2D eigenvalue weighted by atomic mass is 16.5. The summed E-state index contributed by atoms with van der Waals surface area (Å²) in [6.07, 6.45) is 1.16. The minimum Gasteiger partial charge on any atom is -0.383 e. The Morgan fingerprint density at radius 1 is 1.28 bits per heavy atom. The van der Waals surface area contributed by atoms with Crippen molar-refractivity contribution >= 4 is 0 Å². The van der Waals surface area contributed by atoms with Crippen LogP contribution in [0.5, 0.6) is 0 Å². The highest BCUT2D eigenvalue weighted by Gasteiger charge is 2.26. The van der Waals surface area contributed by atoms with Crippen LogP contribution < -0.4 is 5.32 Å². The van der Waals surface area contributed by atoms with Crippen LogP contribution in [0.2, 0.25) is 0 Å². The Hall–Kier alpha value is -0.200. The fourth-order valence-corrected chi connectivity index (χ4v) is 2.36. The molecule has 0 bridgehead atoms. The second-order valence-electron chi connectivity index (χ2n) is 4.81. The molecule has 2 atom stereocenters. The molecule has 0 saturated carbocycles. The van der Waals surface area contributed by atoms with Crippen molar-refractivity contribution in [1.82, 2.24) is 10.2 Å². The molecule has 0 radical (unpaired) electrons. The second kappa shape index (κ2) is 9.69. The third-order valence-electron chi connectivity index (χ3n) is 3.58. The number of rotatable bonds is 10. The molecule has 0 aromatic carbocycles. The Balaban J connectivity index is 2.38. The lowest BCUT2D eigenvalue weighted by atomic mass is 9.98. The lowest BCUT2D eigenvalue weighted by Gasteiger charge is -2.29. The maximum Gasteiger partial charge on any atom is 0.0589 e. The van der Waals surface area contributed by atoms with Gasteiger partial charge >= 0.3 is 0 Å². The number of nitrogens with one attached hydrogen (secondary N) is 1. The van der Waals surface area contributed by atoms with E-state index in [2.05, 4.69) is 10.2 Å².